The molecule has 0 atom stereocenters. The zero-order chi connectivity index (χ0) is 21.3. The van der Waals surface area contributed by atoms with Crippen LogP contribution < -0.4 is 15.8 Å². The van der Waals surface area contributed by atoms with Crippen LogP contribution in [-0.4, -0.2) is 16.5 Å². The van der Waals surface area contributed by atoms with Gasteiger partial charge in [-0.2, -0.15) is 0 Å². The number of benzene rings is 3. The number of nitrogens with one attached hydrogen (secondary N) is 1. The number of aryl methyl sites for hydroxylation is 1. The Morgan fingerprint density at radius 3 is 2.57 bits per heavy atom. The lowest BCUT2D eigenvalue weighted by molar-refractivity contribution is -0.128. The summed E-state index contributed by atoms with van der Waals surface area (Å²) in [5, 5.41) is 2.89. The molecule has 0 saturated heterocycles. The minimum absolute atomic E-state index is 0.263. The van der Waals surface area contributed by atoms with E-state index < -0.39 is 5.60 Å². The maximum Gasteiger partial charge on any atom is 0.267 e. The Morgan fingerprint density at radius 1 is 1.07 bits per heavy atom. The van der Waals surface area contributed by atoms with Crippen LogP contribution in [0.15, 0.2) is 71.1 Å². The number of nitrogens with zero attached hydrogens (tertiary/aromatic N) is 1. The van der Waals surface area contributed by atoms with Crippen molar-refractivity contribution >= 4 is 28.4 Å². The number of rotatable bonds is 5. The monoisotopic (exact) mass is 401 g/mol. The van der Waals surface area contributed by atoms with Gasteiger partial charge in [-0.05, 0) is 68.8 Å². The Kier molecular flexibility index (Phi) is 4.91. The van der Waals surface area contributed by atoms with Crippen molar-refractivity contribution in [2.75, 3.05) is 11.1 Å². The molecule has 0 bridgehead atoms. The Morgan fingerprint density at radius 2 is 1.83 bits per heavy atom. The van der Waals surface area contributed by atoms with E-state index in [4.69, 9.17) is 14.9 Å². The fraction of sp³-hybridized carbons (Fsp3) is 0.167. The number of oxazole rings is 1. The van der Waals surface area contributed by atoms with Crippen LogP contribution in [0.4, 0.5) is 11.4 Å². The molecular formula is C24H23N3O3. The predicted octanol–water partition coefficient (Wildman–Crippen LogP) is 5.18. The Hall–Kier alpha value is -3.80. The Bertz CT molecular complexity index is 1210. The molecule has 0 saturated carbocycles. The highest BCUT2D eigenvalue weighted by molar-refractivity contribution is 5.98. The Labute approximate surface area is 174 Å². The number of anilines is 2. The van der Waals surface area contributed by atoms with E-state index in [9.17, 15) is 4.79 Å². The summed E-state index contributed by atoms with van der Waals surface area (Å²) >= 11 is 0. The van der Waals surface area contributed by atoms with Crippen molar-refractivity contribution < 1.29 is 13.9 Å². The second-order valence-corrected chi connectivity index (χ2v) is 7.65. The summed E-state index contributed by atoms with van der Waals surface area (Å²) in [6.07, 6.45) is 0. The molecule has 0 radical (unpaired) electrons. The third-order valence-corrected chi connectivity index (χ3v) is 4.83. The molecule has 0 aliphatic heterocycles. The van der Waals surface area contributed by atoms with Gasteiger partial charge in [0.05, 0.1) is 0 Å². The number of fused-ring (bicyclic) bond motifs is 1. The van der Waals surface area contributed by atoms with Crippen LogP contribution in [0.2, 0.25) is 0 Å². The van der Waals surface area contributed by atoms with Gasteiger partial charge in [0.1, 0.15) is 11.3 Å². The number of hydrogen-bond acceptors (Lipinski definition) is 5. The van der Waals surface area contributed by atoms with Crippen LogP contribution in [0.1, 0.15) is 19.4 Å². The molecule has 6 nitrogen and oxygen atoms in total. The van der Waals surface area contributed by atoms with E-state index in [1.54, 1.807) is 32.0 Å². The quantitative estimate of drug-likeness (QED) is 0.450. The van der Waals surface area contributed by atoms with Crippen molar-refractivity contribution in [3.8, 4) is 17.2 Å². The summed E-state index contributed by atoms with van der Waals surface area (Å²) in [7, 11) is 0. The van der Waals surface area contributed by atoms with Gasteiger partial charge in [-0.15, -0.1) is 0 Å². The number of amides is 1. The average Bonchev–Trinajstić information content (AvgIpc) is 3.14. The van der Waals surface area contributed by atoms with Crippen molar-refractivity contribution in [2.24, 2.45) is 0 Å². The number of aromatic nitrogens is 1. The molecule has 6 heteroatoms. The summed E-state index contributed by atoms with van der Waals surface area (Å²) in [6, 6.07) is 20.3. The second kappa shape index (κ2) is 7.55. The maximum atomic E-state index is 12.8. The fourth-order valence-corrected chi connectivity index (χ4v) is 3.01. The molecule has 3 N–H and O–H groups in total. The first-order chi connectivity index (χ1) is 14.3. The smallest absolute Gasteiger partial charge is 0.267 e. The van der Waals surface area contributed by atoms with E-state index in [1.165, 1.54) is 0 Å². The summed E-state index contributed by atoms with van der Waals surface area (Å²) < 4.78 is 11.7. The first kappa shape index (κ1) is 19.5. The number of carbonyl (C=O) groups excluding carboxylic acids is 1. The lowest BCUT2D eigenvalue weighted by Crippen LogP contribution is -2.42. The summed E-state index contributed by atoms with van der Waals surface area (Å²) in [6.45, 7) is 5.40. The van der Waals surface area contributed by atoms with Crippen LogP contribution in [0.5, 0.6) is 5.75 Å². The predicted molar refractivity (Wildman–Crippen MR) is 118 cm³/mol. The SMILES string of the molecule is Cc1ccc(-c2nc3cc(NC(=O)C(C)(C)Oc4ccccc4)ccc3o2)cc1N. The van der Waals surface area contributed by atoms with Gasteiger partial charge in [0, 0.05) is 16.9 Å². The van der Waals surface area contributed by atoms with Crippen LogP contribution >= 0.6 is 0 Å². The molecule has 1 amide bonds. The van der Waals surface area contributed by atoms with E-state index in [-0.39, 0.29) is 5.91 Å². The number of ether oxygens (including phenoxy) is 1. The summed E-state index contributed by atoms with van der Waals surface area (Å²) in [4.78, 5) is 17.3. The number of nitrogen functional groups attached to an aromatic ring is 1. The van der Waals surface area contributed by atoms with Crippen LogP contribution in [-0.2, 0) is 4.79 Å². The van der Waals surface area contributed by atoms with E-state index in [0.29, 0.717) is 34.1 Å². The number of carbonyl (C=O) groups is 1. The van der Waals surface area contributed by atoms with Crippen LogP contribution in [0.25, 0.3) is 22.6 Å². The van der Waals surface area contributed by atoms with Crippen molar-refractivity contribution in [1.29, 1.82) is 0 Å². The zero-order valence-electron chi connectivity index (χ0n) is 17.1. The highest BCUT2D eigenvalue weighted by atomic mass is 16.5. The molecule has 0 unspecified atom stereocenters. The third kappa shape index (κ3) is 3.98. The third-order valence-electron chi connectivity index (χ3n) is 4.83. The van der Waals surface area contributed by atoms with Gasteiger partial charge in [0.15, 0.2) is 11.2 Å². The topological polar surface area (TPSA) is 90.4 Å². The van der Waals surface area contributed by atoms with E-state index in [2.05, 4.69) is 10.3 Å². The lowest BCUT2D eigenvalue weighted by atomic mass is 10.1. The highest BCUT2D eigenvalue weighted by Gasteiger charge is 2.30. The van der Waals surface area contributed by atoms with Gasteiger partial charge in [0.2, 0.25) is 5.89 Å². The van der Waals surface area contributed by atoms with Crippen molar-refractivity contribution in [3.05, 3.63) is 72.3 Å². The minimum Gasteiger partial charge on any atom is -0.478 e. The second-order valence-electron chi connectivity index (χ2n) is 7.65. The van der Waals surface area contributed by atoms with Crippen molar-refractivity contribution in [2.45, 2.75) is 26.4 Å². The number of hydrogen-bond donors (Lipinski definition) is 2. The molecule has 0 aliphatic carbocycles. The average molecular weight is 401 g/mol. The van der Waals surface area contributed by atoms with Crippen LogP contribution in [0, 0.1) is 6.92 Å². The van der Waals surface area contributed by atoms with Gasteiger partial charge >= 0.3 is 0 Å². The van der Waals surface area contributed by atoms with E-state index in [1.807, 2.05) is 55.5 Å². The molecular weight excluding hydrogens is 378 g/mol. The van der Waals surface area contributed by atoms with Gasteiger partial charge in [-0.25, -0.2) is 4.98 Å². The minimum atomic E-state index is -1.05. The highest BCUT2D eigenvalue weighted by Crippen LogP contribution is 2.28. The first-order valence-electron chi connectivity index (χ1n) is 9.64. The molecule has 30 heavy (non-hydrogen) atoms. The molecule has 4 aromatic rings. The molecule has 3 aromatic carbocycles. The molecule has 152 valence electrons. The van der Waals surface area contributed by atoms with Crippen molar-refractivity contribution in [1.82, 2.24) is 4.98 Å². The maximum absolute atomic E-state index is 12.8. The molecule has 4 rings (SSSR count). The first-order valence-corrected chi connectivity index (χ1v) is 9.64. The molecule has 1 aromatic heterocycles. The molecule has 0 aliphatic rings. The van der Waals surface area contributed by atoms with Gasteiger partial charge in [-0.3, -0.25) is 4.79 Å². The Balaban J connectivity index is 1.54. The largest absolute Gasteiger partial charge is 0.478 e. The van der Waals surface area contributed by atoms with E-state index in [0.717, 1.165) is 11.1 Å². The lowest BCUT2D eigenvalue weighted by Gasteiger charge is -2.25. The normalized spacial score (nSPS) is 11.4. The zero-order valence-corrected chi connectivity index (χ0v) is 17.1. The number of nitrogens with two attached hydrogens (primary N) is 1. The van der Waals surface area contributed by atoms with Gasteiger partial charge < -0.3 is 20.2 Å². The van der Waals surface area contributed by atoms with E-state index >= 15 is 0 Å². The number of para-hydroxylation sites is 1. The standard InChI is InChI=1S/C24H23N3O3/c1-15-9-10-16(13-19(15)25)22-27-20-14-17(11-12-21(20)29-22)26-23(28)24(2,3)30-18-7-5-4-6-8-18/h4-14H,25H2,1-3H3,(H,26,28). The van der Waals surface area contributed by atoms with Gasteiger partial charge in [-0.1, -0.05) is 24.3 Å². The summed E-state index contributed by atoms with van der Waals surface area (Å²) in [5.41, 5.74) is 9.32. The van der Waals surface area contributed by atoms with Gasteiger partial charge in [0.25, 0.3) is 5.91 Å². The molecule has 0 fully saturated rings. The molecule has 0 spiro atoms. The van der Waals surface area contributed by atoms with Crippen molar-refractivity contribution in [3.63, 3.8) is 0 Å². The van der Waals surface area contributed by atoms with Crippen LogP contribution in [0.3, 0.4) is 0 Å². The molecule has 1 heterocycles. The summed E-state index contributed by atoms with van der Waals surface area (Å²) in [5.74, 6) is 0.847. The fourth-order valence-electron chi connectivity index (χ4n) is 3.01.